The normalized spacial score (nSPS) is 27.2. The van der Waals surface area contributed by atoms with E-state index in [9.17, 15) is 0 Å². The van der Waals surface area contributed by atoms with Crippen molar-refractivity contribution in [3.8, 4) is 0 Å². The number of thiol groups is 2. The Labute approximate surface area is 137 Å². The Kier molecular flexibility index (Phi) is 6.20. The molecule has 18 heavy (non-hydrogen) atoms. The Hall–Kier alpha value is 1.10. The van der Waals surface area contributed by atoms with Gasteiger partial charge in [0, 0.05) is 24.6 Å². The second kappa shape index (κ2) is 7.21. The van der Waals surface area contributed by atoms with E-state index in [0.717, 1.165) is 24.6 Å². The number of hydrogen-bond acceptors (Lipinski definition) is 6. The van der Waals surface area contributed by atoms with Gasteiger partial charge in [-0.1, -0.05) is 24.4 Å². The van der Waals surface area contributed by atoms with Crippen molar-refractivity contribution in [1.82, 2.24) is 20.7 Å². The zero-order valence-electron chi connectivity index (χ0n) is 9.40. The van der Waals surface area contributed by atoms with Crippen molar-refractivity contribution in [3.05, 3.63) is 0 Å². The van der Waals surface area contributed by atoms with Crippen LogP contribution in [0.4, 0.5) is 0 Å². The van der Waals surface area contributed by atoms with E-state index in [1.54, 1.807) is 23.5 Å². The van der Waals surface area contributed by atoms with Gasteiger partial charge < -0.3 is 0 Å². The summed E-state index contributed by atoms with van der Waals surface area (Å²) in [5.41, 5.74) is 0.145. The standard InChI is InChI=1S/C8H14N4S6/c13-7(14)11(5-9-1-3-17-5)12(8(15)16)6-10-2-4-18-6/h5-6,9-10H,1-4H2,(H,13,14)(H,15,16). The van der Waals surface area contributed by atoms with Crippen molar-refractivity contribution in [2.75, 3.05) is 24.6 Å². The molecule has 102 valence electrons. The largest absolute Gasteiger partial charge is 0.286 e. The van der Waals surface area contributed by atoms with Gasteiger partial charge in [0.1, 0.15) is 11.0 Å². The smallest absolute Gasteiger partial charge is 0.154 e. The second-order valence-electron chi connectivity index (χ2n) is 3.61. The molecule has 2 saturated heterocycles. The summed E-state index contributed by atoms with van der Waals surface area (Å²) in [6.07, 6.45) is 0. The summed E-state index contributed by atoms with van der Waals surface area (Å²) in [6, 6.07) is 0. The number of nitrogens with one attached hydrogen (secondary N) is 2. The summed E-state index contributed by atoms with van der Waals surface area (Å²) < 4.78 is 0.986. The van der Waals surface area contributed by atoms with E-state index >= 15 is 0 Å². The highest BCUT2D eigenvalue weighted by atomic mass is 32.2. The average Bonchev–Trinajstić information content (AvgIpc) is 2.97. The van der Waals surface area contributed by atoms with E-state index in [2.05, 4.69) is 35.9 Å². The van der Waals surface area contributed by atoms with Crippen LogP contribution >= 0.6 is 73.2 Å². The van der Waals surface area contributed by atoms with E-state index in [1.165, 1.54) is 0 Å². The van der Waals surface area contributed by atoms with E-state index in [-0.39, 0.29) is 11.0 Å². The zero-order chi connectivity index (χ0) is 13.1. The van der Waals surface area contributed by atoms with Crippen LogP contribution in [0.25, 0.3) is 0 Å². The third-order valence-electron chi connectivity index (χ3n) is 2.46. The van der Waals surface area contributed by atoms with Gasteiger partial charge in [-0.05, 0) is 0 Å². The molecule has 2 atom stereocenters. The Morgan fingerprint density at radius 3 is 1.56 bits per heavy atom. The van der Waals surface area contributed by atoms with Crippen LogP contribution in [-0.2, 0) is 0 Å². The minimum atomic E-state index is 0.0723. The van der Waals surface area contributed by atoms with Gasteiger partial charge in [0.15, 0.2) is 8.64 Å². The highest BCUT2D eigenvalue weighted by molar-refractivity contribution is 8.11. The van der Waals surface area contributed by atoms with Gasteiger partial charge in [-0.25, -0.2) is 10.0 Å². The highest BCUT2D eigenvalue weighted by Gasteiger charge is 2.35. The molecule has 0 amide bonds. The first-order valence-corrected chi connectivity index (χ1v) is 9.16. The molecular weight excluding hydrogens is 345 g/mol. The Balaban J connectivity index is 2.18. The molecule has 0 bridgehead atoms. The lowest BCUT2D eigenvalue weighted by atomic mass is 10.7. The Morgan fingerprint density at radius 1 is 0.944 bits per heavy atom. The van der Waals surface area contributed by atoms with E-state index in [0.29, 0.717) is 8.64 Å². The number of thiocarbonyl (C=S) groups is 2. The highest BCUT2D eigenvalue weighted by Crippen LogP contribution is 2.28. The topological polar surface area (TPSA) is 30.5 Å². The lowest BCUT2D eigenvalue weighted by molar-refractivity contribution is 0.102. The monoisotopic (exact) mass is 358 g/mol. The summed E-state index contributed by atoms with van der Waals surface area (Å²) in [5.74, 6) is 2.10. The molecule has 2 aliphatic heterocycles. The molecule has 0 radical (unpaired) electrons. The summed E-state index contributed by atoms with van der Waals surface area (Å²) in [4.78, 5) is 0. The van der Waals surface area contributed by atoms with Crippen LogP contribution < -0.4 is 10.6 Å². The number of nitrogens with zero attached hydrogens (tertiary/aromatic N) is 2. The van der Waals surface area contributed by atoms with Crippen LogP contribution in [0.2, 0.25) is 0 Å². The molecule has 2 heterocycles. The fraction of sp³-hybridized carbons (Fsp3) is 0.750. The minimum Gasteiger partial charge on any atom is -0.286 e. The molecule has 0 aliphatic carbocycles. The first-order valence-electron chi connectivity index (χ1n) is 5.35. The van der Waals surface area contributed by atoms with E-state index < -0.39 is 0 Å². The molecule has 2 N–H and O–H groups in total. The van der Waals surface area contributed by atoms with Gasteiger partial charge in [-0.15, -0.1) is 48.8 Å². The molecule has 4 nitrogen and oxygen atoms in total. The molecule has 10 heteroatoms. The van der Waals surface area contributed by atoms with Gasteiger partial charge in [-0.3, -0.25) is 10.6 Å². The zero-order valence-corrected chi connectivity index (χ0v) is 14.5. The lowest BCUT2D eigenvalue weighted by Gasteiger charge is -2.41. The predicted molar refractivity (Wildman–Crippen MR) is 95.3 cm³/mol. The molecule has 0 aromatic heterocycles. The van der Waals surface area contributed by atoms with Crippen molar-refractivity contribution in [2.24, 2.45) is 0 Å². The first-order chi connectivity index (χ1) is 8.61. The number of rotatable bonds is 2. The van der Waals surface area contributed by atoms with E-state index in [1.807, 2.05) is 10.0 Å². The average molecular weight is 359 g/mol. The van der Waals surface area contributed by atoms with Crippen molar-refractivity contribution in [1.29, 1.82) is 0 Å². The van der Waals surface area contributed by atoms with Crippen LogP contribution in [0.1, 0.15) is 0 Å². The van der Waals surface area contributed by atoms with E-state index in [4.69, 9.17) is 24.4 Å². The minimum absolute atomic E-state index is 0.0723. The number of hydrazine groups is 1. The number of hydrogen-bond donors (Lipinski definition) is 4. The molecule has 0 saturated carbocycles. The quantitative estimate of drug-likeness (QED) is 0.333. The first kappa shape index (κ1) is 15.5. The van der Waals surface area contributed by atoms with Gasteiger partial charge in [0.2, 0.25) is 0 Å². The molecule has 0 aromatic rings. The lowest BCUT2D eigenvalue weighted by Crippen LogP contribution is -2.58. The van der Waals surface area contributed by atoms with Gasteiger partial charge in [0.05, 0.1) is 0 Å². The van der Waals surface area contributed by atoms with Crippen molar-refractivity contribution in [2.45, 2.75) is 11.0 Å². The van der Waals surface area contributed by atoms with Crippen LogP contribution in [-0.4, -0.2) is 54.2 Å². The Morgan fingerprint density at radius 2 is 1.33 bits per heavy atom. The molecular formula is C8H14N4S6. The maximum Gasteiger partial charge on any atom is 0.154 e. The third-order valence-corrected chi connectivity index (χ3v) is 5.49. The van der Waals surface area contributed by atoms with Crippen LogP contribution in [0.15, 0.2) is 0 Å². The Bertz CT molecular complexity index is 296. The summed E-state index contributed by atoms with van der Waals surface area (Å²) in [5, 5.41) is 10.6. The number of thioether (sulfide) groups is 2. The SMILES string of the molecule is S=C(S)N(C1NCCS1)N(C(=S)S)C1NCCS1. The molecule has 2 aliphatic rings. The van der Waals surface area contributed by atoms with Crippen molar-refractivity contribution >= 4 is 81.9 Å². The van der Waals surface area contributed by atoms with Crippen LogP contribution in [0, 0.1) is 0 Å². The molecule has 0 aromatic carbocycles. The summed E-state index contributed by atoms with van der Waals surface area (Å²) in [7, 11) is 0. The maximum atomic E-state index is 5.25. The third kappa shape index (κ3) is 3.60. The van der Waals surface area contributed by atoms with Crippen molar-refractivity contribution in [3.63, 3.8) is 0 Å². The fourth-order valence-corrected chi connectivity index (χ4v) is 4.93. The predicted octanol–water partition coefficient (Wildman–Crippen LogP) is 1.17. The van der Waals surface area contributed by atoms with Gasteiger partial charge in [-0.2, -0.15) is 0 Å². The fourth-order valence-electron chi connectivity index (χ4n) is 1.75. The molecule has 0 spiro atoms. The summed E-state index contributed by atoms with van der Waals surface area (Å²) in [6.45, 7) is 1.92. The van der Waals surface area contributed by atoms with Gasteiger partial charge >= 0.3 is 0 Å². The van der Waals surface area contributed by atoms with Gasteiger partial charge in [0.25, 0.3) is 0 Å². The molecule has 2 fully saturated rings. The van der Waals surface area contributed by atoms with Crippen molar-refractivity contribution < 1.29 is 0 Å². The second-order valence-corrected chi connectivity index (χ2v) is 8.21. The summed E-state index contributed by atoms with van der Waals surface area (Å²) >= 11 is 22.7. The van der Waals surface area contributed by atoms with Crippen LogP contribution in [0.3, 0.4) is 0 Å². The maximum absolute atomic E-state index is 5.25. The van der Waals surface area contributed by atoms with Crippen LogP contribution in [0.5, 0.6) is 0 Å². The molecule has 2 rings (SSSR count). The molecule has 2 unspecified atom stereocenters.